The minimum atomic E-state index is -4.70. The lowest BCUT2D eigenvalue weighted by Gasteiger charge is -2.12. The van der Waals surface area contributed by atoms with Crippen LogP contribution in [0, 0.1) is 0 Å². The molecule has 0 saturated carbocycles. The zero-order valence-electron chi connectivity index (χ0n) is 16.6. The van der Waals surface area contributed by atoms with Gasteiger partial charge < -0.3 is 19.8 Å². The molecule has 3 aromatic rings. The molecule has 166 valence electrons. The topological polar surface area (TPSA) is 115 Å². The molecular formula is C21H15F3N2O6. The number of aromatic nitrogens is 1. The quantitative estimate of drug-likeness (QED) is 0.592. The second kappa shape index (κ2) is 8.53. The van der Waals surface area contributed by atoms with Gasteiger partial charge in [-0.1, -0.05) is 12.1 Å². The summed E-state index contributed by atoms with van der Waals surface area (Å²) in [6.07, 6.45) is -4.70. The summed E-state index contributed by atoms with van der Waals surface area (Å²) in [5.41, 5.74) is -3.22. The van der Waals surface area contributed by atoms with Gasteiger partial charge in [0.1, 0.15) is 5.56 Å². The van der Waals surface area contributed by atoms with Gasteiger partial charge in [-0.05, 0) is 35.7 Å². The number of rotatable bonds is 4. The van der Waals surface area contributed by atoms with Gasteiger partial charge in [0.15, 0.2) is 0 Å². The smallest absolute Gasteiger partial charge is 0.418 e. The fourth-order valence-electron chi connectivity index (χ4n) is 3.01. The number of nitrogens with one attached hydrogen (secondary N) is 2. The van der Waals surface area contributed by atoms with Crippen molar-refractivity contribution < 1.29 is 37.0 Å². The van der Waals surface area contributed by atoms with E-state index in [0.717, 1.165) is 32.4 Å². The van der Waals surface area contributed by atoms with Crippen molar-refractivity contribution in [1.29, 1.82) is 0 Å². The Hall–Kier alpha value is -4.15. The summed E-state index contributed by atoms with van der Waals surface area (Å²) in [6.45, 7) is 0. The Kier molecular flexibility index (Phi) is 6.01. The molecule has 0 radical (unpaired) electrons. The summed E-state index contributed by atoms with van der Waals surface area (Å²) in [6, 6.07) is 7.88. The van der Waals surface area contributed by atoms with E-state index in [9.17, 15) is 32.3 Å². The number of amides is 1. The average molecular weight is 448 g/mol. The molecule has 8 nitrogen and oxygen atoms in total. The number of carbonyl (C=O) groups excluding carboxylic acids is 3. The van der Waals surface area contributed by atoms with Crippen LogP contribution >= 0.6 is 0 Å². The molecule has 0 unspecified atom stereocenters. The van der Waals surface area contributed by atoms with Crippen molar-refractivity contribution in [2.45, 2.75) is 6.18 Å². The van der Waals surface area contributed by atoms with Gasteiger partial charge in [0.05, 0.1) is 36.4 Å². The van der Waals surface area contributed by atoms with Gasteiger partial charge in [0.2, 0.25) is 0 Å². The normalized spacial score (nSPS) is 11.2. The number of alkyl halides is 3. The molecule has 0 spiro atoms. The van der Waals surface area contributed by atoms with Crippen molar-refractivity contribution in [3.05, 3.63) is 75.1 Å². The van der Waals surface area contributed by atoms with Crippen LogP contribution in [-0.2, 0) is 15.7 Å². The molecule has 11 heteroatoms. The maximum Gasteiger partial charge on any atom is 0.418 e. The number of para-hydroxylation sites is 1. The first-order valence-electron chi connectivity index (χ1n) is 8.91. The lowest BCUT2D eigenvalue weighted by atomic mass is 10.1. The molecule has 0 saturated heterocycles. The number of methoxy groups -OCH3 is 2. The number of halogens is 3. The highest BCUT2D eigenvalue weighted by molar-refractivity contribution is 6.07. The monoisotopic (exact) mass is 448 g/mol. The molecule has 0 atom stereocenters. The molecule has 3 rings (SSSR count). The molecule has 0 fully saturated rings. The molecule has 1 amide bonds. The van der Waals surface area contributed by atoms with Crippen molar-refractivity contribution >= 4 is 34.4 Å². The molecule has 32 heavy (non-hydrogen) atoms. The number of benzene rings is 2. The first kappa shape index (κ1) is 22.5. The Morgan fingerprint density at radius 1 is 0.938 bits per heavy atom. The third kappa shape index (κ3) is 4.46. The molecule has 0 bridgehead atoms. The van der Waals surface area contributed by atoms with E-state index in [0.29, 0.717) is 0 Å². The van der Waals surface area contributed by atoms with Crippen LogP contribution in [0.4, 0.5) is 18.9 Å². The highest BCUT2D eigenvalue weighted by Gasteiger charge is 2.33. The summed E-state index contributed by atoms with van der Waals surface area (Å²) in [7, 11) is 2.24. The van der Waals surface area contributed by atoms with E-state index in [1.165, 1.54) is 24.3 Å². The van der Waals surface area contributed by atoms with E-state index in [1.807, 2.05) is 0 Å². The molecule has 1 heterocycles. The number of carbonyl (C=O) groups is 3. The summed E-state index contributed by atoms with van der Waals surface area (Å²) < 4.78 is 48.8. The summed E-state index contributed by atoms with van der Waals surface area (Å²) in [5.74, 6) is -2.56. The predicted octanol–water partition coefficient (Wildman–Crippen LogP) is 3.37. The summed E-state index contributed by atoms with van der Waals surface area (Å²) in [4.78, 5) is 50.9. The molecule has 0 aliphatic heterocycles. The van der Waals surface area contributed by atoms with Crippen LogP contribution in [0.3, 0.4) is 0 Å². The van der Waals surface area contributed by atoms with Gasteiger partial charge in [-0.25, -0.2) is 9.59 Å². The maximum absolute atomic E-state index is 13.2. The third-order valence-electron chi connectivity index (χ3n) is 4.46. The van der Waals surface area contributed by atoms with Crippen LogP contribution < -0.4 is 10.9 Å². The number of aromatic amines is 1. The van der Waals surface area contributed by atoms with E-state index < -0.39 is 46.2 Å². The van der Waals surface area contributed by atoms with Crippen LogP contribution in [0.15, 0.2) is 47.3 Å². The zero-order chi connectivity index (χ0) is 23.6. The molecule has 1 aromatic heterocycles. The van der Waals surface area contributed by atoms with E-state index in [-0.39, 0.29) is 22.2 Å². The Morgan fingerprint density at radius 2 is 1.53 bits per heavy atom. The van der Waals surface area contributed by atoms with Gasteiger partial charge >= 0.3 is 18.1 Å². The standard InChI is InChI=1S/C21H15F3N2O6/c1-31-19(29)11-6-12(20(30)32-2)8-13(7-11)25-17(27)14-9-10-4-3-5-15(21(22,23)24)16(10)26-18(14)28/h3-9H,1-2H3,(H,25,27)(H,26,28). The van der Waals surface area contributed by atoms with Crippen molar-refractivity contribution in [2.75, 3.05) is 19.5 Å². The van der Waals surface area contributed by atoms with Gasteiger partial charge in [-0.3, -0.25) is 9.59 Å². The van der Waals surface area contributed by atoms with Crippen molar-refractivity contribution in [3.63, 3.8) is 0 Å². The minimum absolute atomic E-state index is 0.0110. The minimum Gasteiger partial charge on any atom is -0.465 e. The Balaban J connectivity index is 2.03. The average Bonchev–Trinajstić information content (AvgIpc) is 2.75. The molecule has 2 N–H and O–H groups in total. The van der Waals surface area contributed by atoms with Crippen LogP contribution in [0.25, 0.3) is 10.9 Å². The molecule has 0 aliphatic rings. The maximum atomic E-state index is 13.2. The lowest BCUT2D eigenvalue weighted by Crippen LogP contribution is -2.24. The lowest BCUT2D eigenvalue weighted by molar-refractivity contribution is -0.136. The first-order valence-corrected chi connectivity index (χ1v) is 8.91. The number of H-pyrrole nitrogens is 1. The predicted molar refractivity (Wildman–Crippen MR) is 107 cm³/mol. The van der Waals surface area contributed by atoms with Crippen molar-refractivity contribution in [1.82, 2.24) is 4.98 Å². The Labute approximate surface area is 177 Å². The van der Waals surface area contributed by atoms with Gasteiger partial charge in [0, 0.05) is 5.69 Å². The van der Waals surface area contributed by atoms with Crippen LogP contribution in [0.1, 0.15) is 36.6 Å². The number of pyridine rings is 1. The highest BCUT2D eigenvalue weighted by Crippen LogP contribution is 2.33. The van der Waals surface area contributed by atoms with Crippen molar-refractivity contribution in [3.8, 4) is 0 Å². The van der Waals surface area contributed by atoms with E-state index in [4.69, 9.17) is 0 Å². The SMILES string of the molecule is COC(=O)c1cc(NC(=O)c2cc3cccc(C(F)(F)F)c3[nH]c2=O)cc(C(=O)OC)c1. The number of hydrogen-bond donors (Lipinski definition) is 2. The fourth-order valence-corrected chi connectivity index (χ4v) is 3.01. The number of anilines is 1. The Bertz CT molecular complexity index is 1260. The number of esters is 2. The second-order valence-corrected chi connectivity index (χ2v) is 6.52. The molecule has 2 aromatic carbocycles. The summed E-state index contributed by atoms with van der Waals surface area (Å²) >= 11 is 0. The number of fused-ring (bicyclic) bond motifs is 1. The number of ether oxygens (including phenoxy) is 2. The van der Waals surface area contributed by atoms with Gasteiger partial charge in [-0.15, -0.1) is 0 Å². The van der Waals surface area contributed by atoms with Gasteiger partial charge in [0.25, 0.3) is 11.5 Å². The van der Waals surface area contributed by atoms with E-state index in [2.05, 4.69) is 19.8 Å². The molecular weight excluding hydrogens is 433 g/mol. The van der Waals surface area contributed by atoms with Gasteiger partial charge in [-0.2, -0.15) is 13.2 Å². The van der Waals surface area contributed by atoms with Crippen LogP contribution in [0.5, 0.6) is 0 Å². The second-order valence-electron chi connectivity index (χ2n) is 6.52. The highest BCUT2D eigenvalue weighted by atomic mass is 19.4. The van der Waals surface area contributed by atoms with Crippen molar-refractivity contribution in [2.24, 2.45) is 0 Å². The van der Waals surface area contributed by atoms with Crippen LogP contribution in [-0.4, -0.2) is 37.0 Å². The van der Waals surface area contributed by atoms with Crippen LogP contribution in [0.2, 0.25) is 0 Å². The van der Waals surface area contributed by atoms with E-state index >= 15 is 0 Å². The van der Waals surface area contributed by atoms with E-state index in [1.54, 1.807) is 0 Å². The first-order chi connectivity index (χ1) is 15.0. The third-order valence-corrected chi connectivity index (χ3v) is 4.46. The summed E-state index contributed by atoms with van der Waals surface area (Å²) in [5, 5.41) is 2.34. The molecule has 0 aliphatic carbocycles. The fraction of sp³-hybridized carbons (Fsp3) is 0.143. The number of hydrogen-bond acceptors (Lipinski definition) is 6. The largest absolute Gasteiger partial charge is 0.465 e. The Morgan fingerprint density at radius 3 is 2.06 bits per heavy atom. The zero-order valence-corrected chi connectivity index (χ0v) is 16.6.